The molecule has 0 aliphatic carbocycles. The second kappa shape index (κ2) is 4.73. The molecule has 2 N–H and O–H groups in total. The number of benzene rings is 1. The number of hydrogen-bond acceptors (Lipinski definition) is 2. The van der Waals surface area contributed by atoms with E-state index in [-0.39, 0.29) is 6.04 Å². The summed E-state index contributed by atoms with van der Waals surface area (Å²) in [6.07, 6.45) is 0.687. The topological polar surface area (TPSA) is 39.2 Å². The smallest absolute Gasteiger partial charge is 0.121 e. The van der Waals surface area contributed by atoms with Crippen molar-refractivity contribution in [3.05, 3.63) is 58.5 Å². The van der Waals surface area contributed by atoms with Gasteiger partial charge < -0.3 is 10.2 Å². The molecule has 1 aromatic carbocycles. The fraction of sp³-hybridized carbons (Fsp3) is 0.231. The highest BCUT2D eigenvalue weighted by molar-refractivity contribution is 6.31. The van der Waals surface area contributed by atoms with Crippen molar-refractivity contribution in [2.45, 2.75) is 19.4 Å². The maximum atomic E-state index is 6.07. The number of halogens is 1. The van der Waals surface area contributed by atoms with E-state index in [4.69, 9.17) is 21.8 Å². The molecule has 3 heteroatoms. The molecule has 0 aliphatic heterocycles. The highest BCUT2D eigenvalue weighted by Gasteiger charge is 2.12. The maximum Gasteiger partial charge on any atom is 0.121 e. The standard InChI is InChI=1S/C13H14ClNO/c1-9-6-7-13(16-9)12(15)8-10-4-2-3-5-11(10)14/h2-7,12H,8,15H2,1H3. The van der Waals surface area contributed by atoms with Crippen LogP contribution in [0.3, 0.4) is 0 Å². The van der Waals surface area contributed by atoms with E-state index in [9.17, 15) is 0 Å². The van der Waals surface area contributed by atoms with Gasteiger partial charge in [0.25, 0.3) is 0 Å². The highest BCUT2D eigenvalue weighted by atomic mass is 35.5. The van der Waals surface area contributed by atoms with E-state index in [2.05, 4.69) is 0 Å². The molecule has 0 radical (unpaired) electrons. The molecule has 0 saturated carbocycles. The van der Waals surface area contributed by atoms with Gasteiger partial charge in [0.2, 0.25) is 0 Å². The van der Waals surface area contributed by atoms with Gasteiger partial charge in [0.1, 0.15) is 11.5 Å². The zero-order valence-corrected chi connectivity index (χ0v) is 9.87. The van der Waals surface area contributed by atoms with Crippen LogP contribution in [0.1, 0.15) is 23.1 Å². The van der Waals surface area contributed by atoms with E-state index in [0.717, 1.165) is 22.1 Å². The van der Waals surface area contributed by atoms with Crippen molar-refractivity contribution in [2.24, 2.45) is 5.73 Å². The Labute approximate surface area is 100 Å². The lowest BCUT2D eigenvalue weighted by atomic mass is 10.0. The molecule has 0 saturated heterocycles. The molecular formula is C13H14ClNO. The largest absolute Gasteiger partial charge is 0.465 e. The number of rotatable bonds is 3. The van der Waals surface area contributed by atoms with Crippen LogP contribution >= 0.6 is 11.6 Å². The second-order valence-corrected chi connectivity index (χ2v) is 4.26. The van der Waals surface area contributed by atoms with Crippen molar-refractivity contribution in [3.63, 3.8) is 0 Å². The summed E-state index contributed by atoms with van der Waals surface area (Å²) < 4.78 is 5.49. The third-order valence-electron chi connectivity index (χ3n) is 2.52. The fourth-order valence-corrected chi connectivity index (χ4v) is 1.87. The van der Waals surface area contributed by atoms with E-state index >= 15 is 0 Å². The molecule has 0 bridgehead atoms. The van der Waals surface area contributed by atoms with Gasteiger partial charge in [0.15, 0.2) is 0 Å². The second-order valence-electron chi connectivity index (χ2n) is 3.85. The molecular weight excluding hydrogens is 222 g/mol. The van der Waals surface area contributed by atoms with E-state index in [1.54, 1.807) is 0 Å². The van der Waals surface area contributed by atoms with Crippen LogP contribution in [0, 0.1) is 6.92 Å². The molecule has 2 rings (SSSR count). The van der Waals surface area contributed by atoms with Gasteiger partial charge in [-0.25, -0.2) is 0 Å². The number of furan rings is 1. The molecule has 0 spiro atoms. The molecule has 2 nitrogen and oxygen atoms in total. The molecule has 0 fully saturated rings. The predicted octanol–water partition coefficient (Wildman–Crippen LogP) is 3.48. The Hall–Kier alpha value is -1.25. The first kappa shape index (κ1) is 11.2. The van der Waals surface area contributed by atoms with Gasteiger partial charge in [-0.2, -0.15) is 0 Å². The average Bonchev–Trinajstić information content (AvgIpc) is 2.68. The summed E-state index contributed by atoms with van der Waals surface area (Å²) in [5, 5.41) is 0.751. The zero-order chi connectivity index (χ0) is 11.5. The molecule has 0 aliphatic rings. The quantitative estimate of drug-likeness (QED) is 0.885. The summed E-state index contributed by atoms with van der Waals surface area (Å²) >= 11 is 6.07. The van der Waals surface area contributed by atoms with Gasteiger partial charge >= 0.3 is 0 Å². The van der Waals surface area contributed by atoms with Crippen LogP contribution in [0.15, 0.2) is 40.8 Å². The van der Waals surface area contributed by atoms with Crippen LogP contribution in [0.4, 0.5) is 0 Å². The summed E-state index contributed by atoms with van der Waals surface area (Å²) in [6.45, 7) is 1.91. The molecule has 16 heavy (non-hydrogen) atoms. The van der Waals surface area contributed by atoms with Gasteiger partial charge in [-0.15, -0.1) is 0 Å². The Morgan fingerprint density at radius 2 is 2.00 bits per heavy atom. The molecule has 1 atom stereocenters. The summed E-state index contributed by atoms with van der Waals surface area (Å²) in [5.41, 5.74) is 7.10. The van der Waals surface area contributed by atoms with E-state index < -0.39 is 0 Å². The number of nitrogens with two attached hydrogens (primary N) is 1. The van der Waals surface area contributed by atoms with Crippen LogP contribution in [-0.4, -0.2) is 0 Å². The minimum atomic E-state index is -0.145. The van der Waals surface area contributed by atoms with E-state index in [1.807, 2.05) is 43.3 Å². The first-order valence-electron chi connectivity index (χ1n) is 5.22. The average molecular weight is 236 g/mol. The first-order valence-corrected chi connectivity index (χ1v) is 5.60. The number of hydrogen-bond donors (Lipinski definition) is 1. The van der Waals surface area contributed by atoms with E-state index in [1.165, 1.54) is 0 Å². The molecule has 2 aromatic rings. The summed E-state index contributed by atoms with van der Waals surface area (Å²) in [6, 6.07) is 11.4. The summed E-state index contributed by atoms with van der Waals surface area (Å²) in [5.74, 6) is 1.68. The predicted molar refractivity (Wildman–Crippen MR) is 65.5 cm³/mol. The lowest BCUT2D eigenvalue weighted by molar-refractivity contribution is 0.445. The third kappa shape index (κ3) is 2.46. The van der Waals surface area contributed by atoms with Crippen molar-refractivity contribution < 1.29 is 4.42 Å². The van der Waals surface area contributed by atoms with Gasteiger partial charge in [0, 0.05) is 5.02 Å². The Balaban J connectivity index is 2.13. The van der Waals surface area contributed by atoms with Crippen molar-refractivity contribution in [1.29, 1.82) is 0 Å². The first-order chi connectivity index (χ1) is 7.66. The minimum Gasteiger partial charge on any atom is -0.465 e. The Morgan fingerprint density at radius 3 is 2.62 bits per heavy atom. The normalized spacial score (nSPS) is 12.7. The molecule has 1 aromatic heterocycles. The summed E-state index contributed by atoms with van der Waals surface area (Å²) in [7, 11) is 0. The molecule has 1 unspecified atom stereocenters. The Bertz CT molecular complexity index is 478. The number of aryl methyl sites for hydroxylation is 1. The van der Waals surface area contributed by atoms with Gasteiger partial charge in [-0.05, 0) is 37.1 Å². The Kier molecular flexibility index (Phi) is 3.32. The molecule has 1 heterocycles. The molecule has 0 amide bonds. The third-order valence-corrected chi connectivity index (χ3v) is 2.89. The van der Waals surface area contributed by atoms with Gasteiger partial charge in [-0.1, -0.05) is 29.8 Å². The van der Waals surface area contributed by atoms with Gasteiger partial charge in [0.05, 0.1) is 6.04 Å². The van der Waals surface area contributed by atoms with Gasteiger partial charge in [-0.3, -0.25) is 0 Å². The van der Waals surface area contributed by atoms with Crippen molar-refractivity contribution in [2.75, 3.05) is 0 Å². The lowest BCUT2D eigenvalue weighted by Gasteiger charge is -2.10. The van der Waals surface area contributed by atoms with Crippen LogP contribution in [0.5, 0.6) is 0 Å². The van der Waals surface area contributed by atoms with Crippen LogP contribution in [0.25, 0.3) is 0 Å². The fourth-order valence-electron chi connectivity index (χ4n) is 1.65. The SMILES string of the molecule is Cc1ccc(C(N)Cc2ccccc2Cl)o1. The van der Waals surface area contributed by atoms with Crippen LogP contribution in [-0.2, 0) is 6.42 Å². The minimum absolute atomic E-state index is 0.145. The van der Waals surface area contributed by atoms with Crippen molar-refractivity contribution in [1.82, 2.24) is 0 Å². The van der Waals surface area contributed by atoms with Crippen molar-refractivity contribution in [3.8, 4) is 0 Å². The highest BCUT2D eigenvalue weighted by Crippen LogP contribution is 2.22. The Morgan fingerprint density at radius 1 is 1.25 bits per heavy atom. The zero-order valence-electron chi connectivity index (χ0n) is 9.11. The van der Waals surface area contributed by atoms with E-state index in [0.29, 0.717) is 6.42 Å². The van der Waals surface area contributed by atoms with Crippen molar-refractivity contribution >= 4 is 11.6 Å². The van der Waals surface area contributed by atoms with Crippen LogP contribution < -0.4 is 5.73 Å². The monoisotopic (exact) mass is 235 g/mol. The lowest BCUT2D eigenvalue weighted by Crippen LogP contribution is -2.12. The summed E-state index contributed by atoms with van der Waals surface area (Å²) in [4.78, 5) is 0. The molecule has 84 valence electrons. The maximum absolute atomic E-state index is 6.07. The van der Waals surface area contributed by atoms with Crippen LogP contribution in [0.2, 0.25) is 5.02 Å².